The van der Waals surface area contributed by atoms with Crippen molar-refractivity contribution in [2.24, 2.45) is 5.92 Å². The quantitative estimate of drug-likeness (QED) is 0.398. The lowest BCUT2D eigenvalue weighted by atomic mass is 9.88. The van der Waals surface area contributed by atoms with Crippen molar-refractivity contribution in [2.75, 3.05) is 16.4 Å². The van der Waals surface area contributed by atoms with Crippen LogP contribution < -0.4 is 10.6 Å². The van der Waals surface area contributed by atoms with Crippen molar-refractivity contribution >= 4 is 45.7 Å². The highest BCUT2D eigenvalue weighted by atomic mass is 32.2. The Morgan fingerprint density at radius 3 is 2.59 bits per heavy atom. The highest BCUT2D eigenvalue weighted by Gasteiger charge is 2.21. The number of thiazole rings is 1. The zero-order valence-corrected chi connectivity index (χ0v) is 19.7. The topological polar surface area (TPSA) is 71.1 Å². The van der Waals surface area contributed by atoms with Crippen LogP contribution in [0.4, 0.5) is 10.8 Å². The van der Waals surface area contributed by atoms with Crippen LogP contribution in [0.25, 0.3) is 11.3 Å². The third-order valence-electron chi connectivity index (χ3n) is 5.54. The van der Waals surface area contributed by atoms with E-state index in [4.69, 9.17) is 0 Å². The summed E-state index contributed by atoms with van der Waals surface area (Å²) in [5, 5.41) is 6.57. The maximum absolute atomic E-state index is 12.5. The molecule has 4 rings (SSSR count). The molecule has 0 unspecified atom stereocenters. The van der Waals surface area contributed by atoms with Crippen molar-refractivity contribution in [2.45, 2.75) is 43.9 Å². The number of nitrogens with zero attached hydrogens (tertiary/aromatic N) is 1. The molecule has 0 aliphatic heterocycles. The molecule has 5 nitrogen and oxygen atoms in total. The molecule has 1 fully saturated rings. The van der Waals surface area contributed by atoms with E-state index >= 15 is 0 Å². The molecule has 0 spiro atoms. The number of aryl methyl sites for hydroxylation is 1. The molecule has 2 amide bonds. The van der Waals surface area contributed by atoms with Crippen LogP contribution in [0.2, 0.25) is 0 Å². The first-order chi connectivity index (χ1) is 15.6. The van der Waals surface area contributed by atoms with Gasteiger partial charge in [-0.3, -0.25) is 9.59 Å². The van der Waals surface area contributed by atoms with E-state index in [1.165, 1.54) is 29.5 Å². The minimum atomic E-state index is -0.0972. The summed E-state index contributed by atoms with van der Waals surface area (Å²) >= 11 is 2.93. The first-order valence-corrected chi connectivity index (χ1v) is 12.7. The van der Waals surface area contributed by atoms with Crippen LogP contribution in [0.15, 0.2) is 59.5 Å². The number of amides is 2. The summed E-state index contributed by atoms with van der Waals surface area (Å²) in [5.41, 5.74) is 2.73. The first kappa shape index (κ1) is 22.6. The number of aromatic nitrogens is 1. The zero-order chi connectivity index (χ0) is 22.3. The molecule has 0 bridgehead atoms. The third kappa shape index (κ3) is 5.99. The molecular weight excluding hydrogens is 438 g/mol. The van der Waals surface area contributed by atoms with E-state index in [0.717, 1.165) is 52.4 Å². The van der Waals surface area contributed by atoms with Crippen LogP contribution in [0.3, 0.4) is 0 Å². The number of carbonyl (C=O) groups is 2. The summed E-state index contributed by atoms with van der Waals surface area (Å²) in [6, 6.07) is 17.7. The van der Waals surface area contributed by atoms with Gasteiger partial charge in [0.15, 0.2) is 5.13 Å². The van der Waals surface area contributed by atoms with E-state index in [1.807, 2.05) is 61.5 Å². The summed E-state index contributed by atoms with van der Waals surface area (Å²) in [5.74, 6) is 0.408. The SMILES string of the molecule is Cc1sc(NC(=O)CSc2cccc(NC(=O)C3CCCCC3)c2)nc1-c1ccccc1. The molecule has 1 aliphatic rings. The van der Waals surface area contributed by atoms with Gasteiger partial charge in [-0.1, -0.05) is 55.7 Å². The lowest BCUT2D eigenvalue weighted by Gasteiger charge is -2.20. The highest BCUT2D eigenvalue weighted by molar-refractivity contribution is 8.00. The van der Waals surface area contributed by atoms with E-state index in [1.54, 1.807) is 0 Å². The smallest absolute Gasteiger partial charge is 0.236 e. The number of rotatable bonds is 7. The third-order valence-corrected chi connectivity index (χ3v) is 7.42. The Kier molecular flexibility index (Phi) is 7.60. The number of nitrogens with one attached hydrogen (secondary N) is 2. The number of hydrogen-bond acceptors (Lipinski definition) is 5. The van der Waals surface area contributed by atoms with Gasteiger partial charge in [0.25, 0.3) is 0 Å². The van der Waals surface area contributed by atoms with Crippen molar-refractivity contribution in [1.82, 2.24) is 4.98 Å². The Labute approximate surface area is 197 Å². The van der Waals surface area contributed by atoms with Crippen molar-refractivity contribution in [1.29, 1.82) is 0 Å². The summed E-state index contributed by atoms with van der Waals surface area (Å²) in [6.45, 7) is 2.01. The Hall–Kier alpha value is -2.64. The van der Waals surface area contributed by atoms with Gasteiger partial charge in [-0.2, -0.15) is 0 Å². The molecule has 1 aromatic heterocycles. The molecule has 7 heteroatoms. The van der Waals surface area contributed by atoms with Gasteiger partial charge in [0.05, 0.1) is 11.4 Å². The van der Waals surface area contributed by atoms with Crippen LogP contribution in [0.1, 0.15) is 37.0 Å². The van der Waals surface area contributed by atoms with Gasteiger partial charge in [-0.25, -0.2) is 4.98 Å². The van der Waals surface area contributed by atoms with Gasteiger partial charge >= 0.3 is 0 Å². The van der Waals surface area contributed by atoms with Gasteiger partial charge in [0, 0.05) is 26.9 Å². The van der Waals surface area contributed by atoms with E-state index < -0.39 is 0 Å². The molecule has 1 heterocycles. The summed E-state index contributed by atoms with van der Waals surface area (Å²) < 4.78 is 0. The largest absolute Gasteiger partial charge is 0.326 e. The van der Waals surface area contributed by atoms with Gasteiger partial charge in [-0.05, 0) is 38.0 Å². The number of anilines is 2. The molecule has 0 saturated heterocycles. The number of carbonyl (C=O) groups excluding carboxylic acids is 2. The molecule has 0 radical (unpaired) electrons. The van der Waals surface area contributed by atoms with E-state index in [0.29, 0.717) is 5.13 Å². The predicted molar refractivity (Wildman–Crippen MR) is 133 cm³/mol. The summed E-state index contributed by atoms with van der Waals surface area (Å²) in [6.07, 6.45) is 5.44. The fraction of sp³-hybridized carbons (Fsp3) is 0.320. The minimum absolute atomic E-state index is 0.0972. The molecule has 32 heavy (non-hydrogen) atoms. The lowest BCUT2D eigenvalue weighted by Crippen LogP contribution is -2.24. The Morgan fingerprint density at radius 1 is 1.03 bits per heavy atom. The fourth-order valence-corrected chi connectivity index (χ4v) is 5.50. The lowest BCUT2D eigenvalue weighted by molar-refractivity contribution is -0.120. The van der Waals surface area contributed by atoms with Crippen LogP contribution >= 0.6 is 23.1 Å². The molecule has 2 N–H and O–H groups in total. The van der Waals surface area contributed by atoms with Crippen molar-refractivity contribution < 1.29 is 9.59 Å². The standard InChI is InChI=1S/C25H27N3O2S2/c1-17-23(18-9-4-2-5-10-18)28-25(32-17)27-22(29)16-31-21-14-8-13-20(15-21)26-24(30)19-11-6-3-7-12-19/h2,4-5,8-10,13-15,19H,3,6-7,11-12,16H2,1H3,(H,26,30)(H,27,28,29). The van der Waals surface area contributed by atoms with Gasteiger partial charge in [-0.15, -0.1) is 23.1 Å². The van der Waals surface area contributed by atoms with E-state index in [-0.39, 0.29) is 23.5 Å². The number of thioether (sulfide) groups is 1. The molecule has 2 aromatic carbocycles. The van der Waals surface area contributed by atoms with Crippen LogP contribution in [-0.2, 0) is 9.59 Å². The number of benzene rings is 2. The highest BCUT2D eigenvalue weighted by Crippen LogP contribution is 2.31. The van der Waals surface area contributed by atoms with Crippen molar-refractivity contribution in [3.8, 4) is 11.3 Å². The monoisotopic (exact) mass is 465 g/mol. The maximum atomic E-state index is 12.5. The van der Waals surface area contributed by atoms with Gasteiger partial charge in [0.1, 0.15) is 0 Å². The van der Waals surface area contributed by atoms with Crippen molar-refractivity contribution in [3.05, 3.63) is 59.5 Å². The molecular formula is C25H27N3O2S2. The maximum Gasteiger partial charge on any atom is 0.236 e. The Bertz CT molecular complexity index is 1080. The summed E-state index contributed by atoms with van der Waals surface area (Å²) in [7, 11) is 0. The molecule has 0 atom stereocenters. The van der Waals surface area contributed by atoms with Gasteiger partial charge < -0.3 is 10.6 Å². The fourth-order valence-electron chi connectivity index (χ4n) is 3.89. The van der Waals surface area contributed by atoms with E-state index in [2.05, 4.69) is 15.6 Å². The molecule has 3 aromatic rings. The second-order valence-electron chi connectivity index (χ2n) is 7.98. The van der Waals surface area contributed by atoms with Gasteiger partial charge in [0.2, 0.25) is 11.8 Å². The van der Waals surface area contributed by atoms with Crippen LogP contribution in [-0.4, -0.2) is 22.6 Å². The van der Waals surface area contributed by atoms with Crippen LogP contribution in [0.5, 0.6) is 0 Å². The van der Waals surface area contributed by atoms with Crippen LogP contribution in [0, 0.1) is 12.8 Å². The predicted octanol–water partition coefficient (Wildman–Crippen LogP) is 6.37. The minimum Gasteiger partial charge on any atom is -0.326 e. The average Bonchev–Trinajstić information content (AvgIpc) is 3.19. The second kappa shape index (κ2) is 10.8. The Morgan fingerprint density at radius 2 is 1.81 bits per heavy atom. The molecule has 166 valence electrons. The van der Waals surface area contributed by atoms with E-state index in [9.17, 15) is 9.59 Å². The number of hydrogen-bond donors (Lipinski definition) is 2. The zero-order valence-electron chi connectivity index (χ0n) is 18.1. The molecule has 1 saturated carbocycles. The summed E-state index contributed by atoms with van der Waals surface area (Å²) in [4.78, 5) is 31.6. The average molecular weight is 466 g/mol. The Balaban J connectivity index is 1.31. The first-order valence-electron chi connectivity index (χ1n) is 10.9. The van der Waals surface area contributed by atoms with Crippen molar-refractivity contribution in [3.63, 3.8) is 0 Å². The normalized spacial score (nSPS) is 14.2. The molecule has 1 aliphatic carbocycles. The second-order valence-corrected chi connectivity index (χ2v) is 10.2.